The van der Waals surface area contributed by atoms with Crippen LogP contribution < -0.4 is 10.5 Å². The maximum atomic E-state index is 11.5. The standard InChI is InChI=1S/C25H27N3O2/c1-16-19(20-6-5-18-4-3-13-27-23(18)17(20)2)7-8-22-21(16)9-10-25(30-22)11-14-28(15-12-25)24(26)29/h3-8,13H,9-12,14-15H2,1-2H3,(H2,26,29). The van der Waals surface area contributed by atoms with Gasteiger partial charge < -0.3 is 15.4 Å². The van der Waals surface area contributed by atoms with Crippen molar-refractivity contribution in [2.45, 2.75) is 45.1 Å². The summed E-state index contributed by atoms with van der Waals surface area (Å²) < 4.78 is 6.57. The summed E-state index contributed by atoms with van der Waals surface area (Å²) in [6.07, 6.45) is 5.51. The Labute approximate surface area is 176 Å². The molecule has 1 saturated heterocycles. The molecule has 5 heteroatoms. The van der Waals surface area contributed by atoms with E-state index in [1.54, 1.807) is 4.90 Å². The monoisotopic (exact) mass is 401 g/mol. The van der Waals surface area contributed by atoms with Crippen molar-refractivity contribution in [3.8, 4) is 16.9 Å². The average molecular weight is 402 g/mol. The lowest BCUT2D eigenvalue weighted by Crippen LogP contribution is -2.52. The van der Waals surface area contributed by atoms with Crippen molar-refractivity contribution < 1.29 is 9.53 Å². The fourth-order valence-electron chi connectivity index (χ4n) is 5.14. The largest absolute Gasteiger partial charge is 0.487 e. The van der Waals surface area contributed by atoms with Gasteiger partial charge in [0.15, 0.2) is 0 Å². The number of nitrogens with zero attached hydrogens (tertiary/aromatic N) is 2. The number of likely N-dealkylation sites (tertiary alicyclic amines) is 1. The number of carbonyl (C=O) groups is 1. The predicted molar refractivity (Wildman–Crippen MR) is 119 cm³/mol. The number of hydrogen-bond donors (Lipinski definition) is 1. The number of fused-ring (bicyclic) bond motifs is 2. The molecule has 0 unspecified atom stereocenters. The van der Waals surface area contributed by atoms with E-state index in [4.69, 9.17) is 10.5 Å². The third-order valence-corrected chi connectivity index (χ3v) is 7.02. The fourth-order valence-corrected chi connectivity index (χ4v) is 5.14. The molecule has 5 rings (SSSR count). The fraction of sp³-hybridized carbons (Fsp3) is 0.360. The average Bonchev–Trinajstić information content (AvgIpc) is 2.75. The number of primary amides is 1. The van der Waals surface area contributed by atoms with Crippen LogP contribution in [0.25, 0.3) is 22.0 Å². The summed E-state index contributed by atoms with van der Waals surface area (Å²) in [6.45, 7) is 5.70. The first kappa shape index (κ1) is 18.9. The van der Waals surface area contributed by atoms with Gasteiger partial charge in [-0.3, -0.25) is 4.98 Å². The Kier molecular flexibility index (Phi) is 4.42. The smallest absolute Gasteiger partial charge is 0.314 e. The van der Waals surface area contributed by atoms with Crippen molar-refractivity contribution >= 4 is 16.9 Å². The Hall–Kier alpha value is -3.08. The molecule has 1 fully saturated rings. The maximum absolute atomic E-state index is 11.5. The number of amides is 2. The molecule has 2 aliphatic rings. The number of piperidine rings is 1. The van der Waals surface area contributed by atoms with Crippen LogP contribution in [0.1, 0.15) is 36.0 Å². The minimum atomic E-state index is -0.332. The Bertz CT molecular complexity index is 1150. The van der Waals surface area contributed by atoms with E-state index in [2.05, 4.69) is 49.2 Å². The highest BCUT2D eigenvalue weighted by molar-refractivity contribution is 5.89. The molecule has 2 aliphatic heterocycles. The molecule has 2 N–H and O–H groups in total. The molecular formula is C25H27N3O2. The van der Waals surface area contributed by atoms with Crippen molar-refractivity contribution in [1.82, 2.24) is 9.88 Å². The third kappa shape index (κ3) is 3.00. The van der Waals surface area contributed by atoms with Gasteiger partial charge in [0.05, 0.1) is 5.52 Å². The van der Waals surface area contributed by atoms with Crippen LogP contribution in [-0.2, 0) is 6.42 Å². The van der Waals surface area contributed by atoms with Gasteiger partial charge in [-0.2, -0.15) is 0 Å². The van der Waals surface area contributed by atoms with Crippen LogP contribution in [0, 0.1) is 13.8 Å². The Morgan fingerprint density at radius 1 is 1.03 bits per heavy atom. The van der Waals surface area contributed by atoms with Gasteiger partial charge in [-0.15, -0.1) is 0 Å². The van der Waals surface area contributed by atoms with Gasteiger partial charge in [-0.05, 0) is 66.6 Å². The van der Waals surface area contributed by atoms with Crippen molar-refractivity contribution in [2.75, 3.05) is 13.1 Å². The molecule has 30 heavy (non-hydrogen) atoms. The Morgan fingerprint density at radius 3 is 2.53 bits per heavy atom. The molecule has 0 aliphatic carbocycles. The second-order valence-electron chi connectivity index (χ2n) is 8.64. The molecule has 154 valence electrons. The van der Waals surface area contributed by atoms with Crippen LogP contribution in [0.5, 0.6) is 5.75 Å². The number of hydrogen-bond acceptors (Lipinski definition) is 3. The van der Waals surface area contributed by atoms with Crippen molar-refractivity contribution in [3.05, 3.63) is 59.3 Å². The SMILES string of the molecule is Cc1c(-c2ccc3cccnc3c2C)ccc2c1CCC1(CCN(C(N)=O)CC1)O2. The van der Waals surface area contributed by atoms with Crippen molar-refractivity contribution in [2.24, 2.45) is 5.73 Å². The zero-order valence-electron chi connectivity index (χ0n) is 17.6. The summed E-state index contributed by atoms with van der Waals surface area (Å²) in [5, 5.41) is 1.17. The van der Waals surface area contributed by atoms with E-state index in [-0.39, 0.29) is 11.6 Å². The number of nitrogens with two attached hydrogens (primary N) is 1. The number of aryl methyl sites for hydroxylation is 1. The van der Waals surface area contributed by atoms with E-state index < -0.39 is 0 Å². The van der Waals surface area contributed by atoms with Crippen LogP contribution >= 0.6 is 0 Å². The van der Waals surface area contributed by atoms with Gasteiger partial charge in [0.1, 0.15) is 11.4 Å². The molecular weight excluding hydrogens is 374 g/mol. The second kappa shape index (κ2) is 7.01. The minimum absolute atomic E-state index is 0.171. The lowest BCUT2D eigenvalue weighted by Gasteiger charge is -2.44. The number of urea groups is 1. The second-order valence-corrected chi connectivity index (χ2v) is 8.64. The first-order valence-corrected chi connectivity index (χ1v) is 10.7. The first-order valence-electron chi connectivity index (χ1n) is 10.7. The normalized spacial score (nSPS) is 17.6. The summed E-state index contributed by atoms with van der Waals surface area (Å²) in [6, 6.07) is 12.4. The molecule has 2 amide bonds. The third-order valence-electron chi connectivity index (χ3n) is 7.02. The molecule has 0 atom stereocenters. The van der Waals surface area contributed by atoms with Gasteiger partial charge in [-0.1, -0.05) is 24.3 Å². The van der Waals surface area contributed by atoms with Crippen LogP contribution in [0.4, 0.5) is 4.79 Å². The van der Waals surface area contributed by atoms with Crippen LogP contribution in [0.2, 0.25) is 0 Å². The molecule has 5 nitrogen and oxygen atoms in total. The highest BCUT2D eigenvalue weighted by Crippen LogP contribution is 2.43. The van der Waals surface area contributed by atoms with Gasteiger partial charge in [0.25, 0.3) is 0 Å². The van der Waals surface area contributed by atoms with E-state index in [1.165, 1.54) is 33.2 Å². The Balaban J connectivity index is 1.47. The minimum Gasteiger partial charge on any atom is -0.487 e. The molecule has 1 spiro atoms. The van der Waals surface area contributed by atoms with E-state index in [1.807, 2.05) is 12.3 Å². The van der Waals surface area contributed by atoms with Crippen molar-refractivity contribution in [3.63, 3.8) is 0 Å². The molecule has 0 bridgehead atoms. The molecule has 3 heterocycles. The summed E-state index contributed by atoms with van der Waals surface area (Å²) in [4.78, 5) is 17.8. The summed E-state index contributed by atoms with van der Waals surface area (Å²) in [5.41, 5.74) is 12.6. The molecule has 0 saturated carbocycles. The van der Waals surface area contributed by atoms with E-state index in [9.17, 15) is 4.79 Å². The summed E-state index contributed by atoms with van der Waals surface area (Å²) >= 11 is 0. The highest BCUT2D eigenvalue weighted by atomic mass is 16.5. The number of pyridine rings is 1. The number of rotatable bonds is 1. The van der Waals surface area contributed by atoms with Crippen LogP contribution in [0.3, 0.4) is 0 Å². The molecule has 1 aromatic heterocycles. The lowest BCUT2D eigenvalue weighted by atomic mass is 9.81. The topological polar surface area (TPSA) is 68.5 Å². The lowest BCUT2D eigenvalue weighted by molar-refractivity contribution is -0.00483. The predicted octanol–water partition coefficient (Wildman–Crippen LogP) is 4.76. The maximum Gasteiger partial charge on any atom is 0.314 e. The zero-order valence-corrected chi connectivity index (χ0v) is 17.6. The van der Waals surface area contributed by atoms with Gasteiger partial charge in [0, 0.05) is 37.5 Å². The number of ether oxygens (including phenoxy) is 1. The van der Waals surface area contributed by atoms with E-state index in [0.717, 1.165) is 36.9 Å². The zero-order chi connectivity index (χ0) is 20.9. The number of carbonyl (C=O) groups excluding carboxylic acids is 1. The van der Waals surface area contributed by atoms with Crippen molar-refractivity contribution in [1.29, 1.82) is 0 Å². The van der Waals surface area contributed by atoms with Gasteiger partial charge in [0.2, 0.25) is 0 Å². The molecule has 2 aromatic carbocycles. The highest BCUT2D eigenvalue weighted by Gasteiger charge is 2.40. The quantitative estimate of drug-likeness (QED) is 0.639. The van der Waals surface area contributed by atoms with Crippen LogP contribution in [-0.4, -0.2) is 34.6 Å². The van der Waals surface area contributed by atoms with E-state index in [0.29, 0.717) is 13.1 Å². The Morgan fingerprint density at radius 2 is 1.77 bits per heavy atom. The molecule has 3 aromatic rings. The summed E-state index contributed by atoms with van der Waals surface area (Å²) in [7, 11) is 0. The number of benzene rings is 2. The molecule has 0 radical (unpaired) electrons. The van der Waals surface area contributed by atoms with Gasteiger partial charge in [-0.25, -0.2) is 4.79 Å². The summed E-state index contributed by atoms with van der Waals surface area (Å²) in [5.74, 6) is 0.992. The van der Waals surface area contributed by atoms with Gasteiger partial charge >= 0.3 is 6.03 Å². The first-order chi connectivity index (χ1) is 14.5. The van der Waals surface area contributed by atoms with E-state index >= 15 is 0 Å². The van der Waals surface area contributed by atoms with Crippen LogP contribution in [0.15, 0.2) is 42.6 Å². The number of aromatic nitrogens is 1.